The summed E-state index contributed by atoms with van der Waals surface area (Å²) in [6.45, 7) is 0.0787. The number of methoxy groups -OCH3 is 1. The summed E-state index contributed by atoms with van der Waals surface area (Å²) in [5, 5.41) is 8.79. The van der Waals surface area contributed by atoms with Gasteiger partial charge in [-0.3, -0.25) is 4.79 Å². The molecule has 1 atom stereocenters. The Bertz CT molecular complexity index is 416. The molecule has 0 aliphatic heterocycles. The Morgan fingerprint density at radius 2 is 2.28 bits per heavy atom. The first-order valence-electron chi connectivity index (χ1n) is 5.39. The van der Waals surface area contributed by atoms with Crippen molar-refractivity contribution in [2.75, 3.05) is 7.11 Å². The van der Waals surface area contributed by atoms with E-state index in [0.29, 0.717) is 5.56 Å². The third kappa shape index (κ3) is 3.94. The van der Waals surface area contributed by atoms with Crippen LogP contribution in [0.3, 0.4) is 0 Å². The second kappa shape index (κ2) is 6.68. The van der Waals surface area contributed by atoms with Crippen LogP contribution in [0.15, 0.2) is 12.1 Å². The second-order valence-corrected chi connectivity index (χ2v) is 4.34. The summed E-state index contributed by atoms with van der Waals surface area (Å²) < 4.78 is 18.6. The molecule has 18 heavy (non-hydrogen) atoms. The van der Waals surface area contributed by atoms with Gasteiger partial charge < -0.3 is 15.6 Å². The van der Waals surface area contributed by atoms with Gasteiger partial charge in [-0.15, -0.1) is 0 Å². The van der Waals surface area contributed by atoms with Gasteiger partial charge in [0.25, 0.3) is 0 Å². The van der Waals surface area contributed by atoms with Gasteiger partial charge in [0.05, 0.1) is 6.61 Å². The van der Waals surface area contributed by atoms with Gasteiger partial charge in [-0.1, -0.05) is 11.6 Å². The lowest BCUT2D eigenvalue weighted by molar-refractivity contribution is -0.137. The van der Waals surface area contributed by atoms with Gasteiger partial charge in [0, 0.05) is 30.2 Å². The van der Waals surface area contributed by atoms with Gasteiger partial charge in [0.1, 0.15) is 5.82 Å². The van der Waals surface area contributed by atoms with Gasteiger partial charge in [-0.2, -0.15) is 0 Å². The van der Waals surface area contributed by atoms with Crippen molar-refractivity contribution in [3.63, 3.8) is 0 Å². The Kier molecular flexibility index (Phi) is 5.53. The van der Waals surface area contributed by atoms with Crippen LogP contribution in [0.1, 0.15) is 30.0 Å². The SMILES string of the molecule is COCc1c(F)cc(C(N)CCC(=O)O)cc1Cl. The zero-order chi connectivity index (χ0) is 13.7. The Morgan fingerprint density at radius 1 is 1.61 bits per heavy atom. The van der Waals surface area contributed by atoms with Crippen LogP contribution < -0.4 is 5.73 Å². The van der Waals surface area contributed by atoms with Crippen molar-refractivity contribution < 1.29 is 19.0 Å². The quantitative estimate of drug-likeness (QED) is 0.837. The highest BCUT2D eigenvalue weighted by Crippen LogP contribution is 2.26. The molecule has 0 heterocycles. The average Bonchev–Trinajstić information content (AvgIpc) is 2.30. The summed E-state index contributed by atoms with van der Waals surface area (Å²) in [4.78, 5) is 10.4. The molecule has 0 aliphatic carbocycles. The maximum atomic E-state index is 13.7. The minimum Gasteiger partial charge on any atom is -0.481 e. The second-order valence-electron chi connectivity index (χ2n) is 3.94. The maximum absolute atomic E-state index is 13.7. The van der Waals surface area contributed by atoms with Gasteiger partial charge in [0.2, 0.25) is 0 Å². The van der Waals surface area contributed by atoms with E-state index in [0.717, 1.165) is 0 Å². The van der Waals surface area contributed by atoms with E-state index in [2.05, 4.69) is 0 Å². The van der Waals surface area contributed by atoms with Crippen LogP contribution in [0.5, 0.6) is 0 Å². The Morgan fingerprint density at radius 3 is 2.78 bits per heavy atom. The van der Waals surface area contributed by atoms with E-state index in [1.807, 2.05) is 0 Å². The number of benzene rings is 1. The molecule has 0 spiro atoms. The number of hydrogen-bond acceptors (Lipinski definition) is 3. The molecule has 0 saturated carbocycles. The predicted octanol–water partition coefficient (Wildman–Crippen LogP) is 2.49. The molecule has 4 nitrogen and oxygen atoms in total. The summed E-state index contributed by atoms with van der Waals surface area (Å²) in [6.07, 6.45) is 0.162. The first-order chi connectivity index (χ1) is 8.45. The van der Waals surface area contributed by atoms with Crippen molar-refractivity contribution in [3.8, 4) is 0 Å². The Labute approximate surface area is 109 Å². The third-order valence-corrected chi connectivity index (χ3v) is 2.89. The average molecular weight is 276 g/mol. The van der Waals surface area contributed by atoms with Crippen LogP contribution in [-0.2, 0) is 16.1 Å². The van der Waals surface area contributed by atoms with E-state index in [9.17, 15) is 9.18 Å². The summed E-state index contributed by atoms with van der Waals surface area (Å²) >= 11 is 5.93. The predicted molar refractivity (Wildman–Crippen MR) is 65.9 cm³/mol. The molecule has 0 aliphatic rings. The molecule has 0 saturated heterocycles. The molecular formula is C12H15ClFNO3. The Hall–Kier alpha value is -1.17. The Balaban J connectivity index is 2.88. The highest BCUT2D eigenvalue weighted by Gasteiger charge is 2.14. The molecule has 3 N–H and O–H groups in total. The molecule has 1 rings (SSSR count). The topological polar surface area (TPSA) is 72.5 Å². The molecule has 0 aromatic heterocycles. The lowest BCUT2D eigenvalue weighted by atomic mass is 10.0. The molecule has 1 unspecified atom stereocenters. The van der Waals surface area contributed by atoms with E-state index in [-0.39, 0.29) is 30.0 Å². The van der Waals surface area contributed by atoms with E-state index < -0.39 is 17.8 Å². The van der Waals surface area contributed by atoms with Crippen molar-refractivity contribution in [3.05, 3.63) is 34.1 Å². The van der Waals surface area contributed by atoms with Gasteiger partial charge in [0.15, 0.2) is 0 Å². The number of carbonyl (C=O) groups is 1. The van der Waals surface area contributed by atoms with Gasteiger partial charge >= 0.3 is 5.97 Å². The summed E-state index contributed by atoms with van der Waals surface area (Å²) in [6, 6.07) is 2.27. The number of hydrogen-bond donors (Lipinski definition) is 2. The molecule has 1 aromatic carbocycles. The number of halogens is 2. The molecular weight excluding hydrogens is 261 g/mol. The number of rotatable bonds is 6. The third-order valence-electron chi connectivity index (χ3n) is 2.55. The number of ether oxygens (including phenoxy) is 1. The van der Waals surface area contributed by atoms with Gasteiger partial charge in [-0.25, -0.2) is 4.39 Å². The van der Waals surface area contributed by atoms with Crippen molar-refractivity contribution in [2.45, 2.75) is 25.5 Å². The number of carboxylic acids is 1. The highest BCUT2D eigenvalue weighted by atomic mass is 35.5. The molecule has 1 aromatic rings. The molecule has 0 bridgehead atoms. The van der Waals surface area contributed by atoms with Crippen LogP contribution in [0.25, 0.3) is 0 Å². The zero-order valence-electron chi connectivity index (χ0n) is 9.95. The van der Waals surface area contributed by atoms with E-state index in [1.165, 1.54) is 13.2 Å². The summed E-state index contributed by atoms with van der Waals surface area (Å²) in [5.41, 5.74) is 6.54. The van der Waals surface area contributed by atoms with E-state index in [1.54, 1.807) is 6.07 Å². The van der Waals surface area contributed by atoms with E-state index >= 15 is 0 Å². The number of aliphatic carboxylic acids is 1. The van der Waals surface area contributed by atoms with Gasteiger partial charge in [-0.05, 0) is 24.1 Å². The summed E-state index contributed by atoms with van der Waals surface area (Å²) in [5.74, 6) is -1.43. The largest absolute Gasteiger partial charge is 0.481 e. The molecule has 0 amide bonds. The number of carboxylic acid groups (broad SMARTS) is 1. The first-order valence-corrected chi connectivity index (χ1v) is 5.77. The van der Waals surface area contributed by atoms with Crippen molar-refractivity contribution in [2.24, 2.45) is 5.73 Å². The van der Waals surface area contributed by atoms with Crippen molar-refractivity contribution >= 4 is 17.6 Å². The number of nitrogens with two attached hydrogens (primary N) is 1. The normalized spacial score (nSPS) is 12.4. The molecule has 100 valence electrons. The van der Waals surface area contributed by atoms with Crippen LogP contribution in [0.4, 0.5) is 4.39 Å². The zero-order valence-corrected chi connectivity index (χ0v) is 10.7. The van der Waals surface area contributed by atoms with Crippen molar-refractivity contribution in [1.29, 1.82) is 0 Å². The van der Waals surface area contributed by atoms with Crippen LogP contribution >= 0.6 is 11.6 Å². The smallest absolute Gasteiger partial charge is 0.303 e. The minimum atomic E-state index is -0.937. The fourth-order valence-electron chi connectivity index (χ4n) is 1.56. The molecule has 0 fully saturated rings. The molecule has 6 heteroatoms. The van der Waals surface area contributed by atoms with Crippen LogP contribution in [-0.4, -0.2) is 18.2 Å². The summed E-state index contributed by atoms with van der Waals surface area (Å²) in [7, 11) is 1.45. The highest BCUT2D eigenvalue weighted by molar-refractivity contribution is 6.31. The lowest BCUT2D eigenvalue weighted by Gasteiger charge is -2.13. The fraction of sp³-hybridized carbons (Fsp3) is 0.417. The maximum Gasteiger partial charge on any atom is 0.303 e. The fourth-order valence-corrected chi connectivity index (χ4v) is 1.84. The first kappa shape index (κ1) is 14.9. The standard InChI is InChI=1S/C12H15ClFNO3/c1-18-6-8-9(13)4-7(5-10(8)14)11(15)2-3-12(16)17/h4-5,11H,2-3,6,15H2,1H3,(H,16,17). The minimum absolute atomic E-state index is 0.0692. The lowest BCUT2D eigenvalue weighted by Crippen LogP contribution is -2.13. The molecule has 0 radical (unpaired) electrons. The van der Waals surface area contributed by atoms with Crippen molar-refractivity contribution in [1.82, 2.24) is 0 Å². The van der Waals surface area contributed by atoms with E-state index in [4.69, 9.17) is 27.2 Å². The van der Waals surface area contributed by atoms with Crippen LogP contribution in [0, 0.1) is 5.82 Å². The van der Waals surface area contributed by atoms with Crippen LogP contribution in [0.2, 0.25) is 5.02 Å². The monoisotopic (exact) mass is 275 g/mol.